The van der Waals surface area contributed by atoms with Crippen molar-refractivity contribution in [3.63, 3.8) is 0 Å². The fourth-order valence-corrected chi connectivity index (χ4v) is 2.85. The predicted octanol–water partition coefficient (Wildman–Crippen LogP) is 3.78. The summed E-state index contributed by atoms with van der Waals surface area (Å²) in [4.78, 5) is 11.1. The van der Waals surface area contributed by atoms with Gasteiger partial charge in [0.15, 0.2) is 0 Å². The molecular weight excluding hydrogens is 328 g/mol. The summed E-state index contributed by atoms with van der Waals surface area (Å²) in [7, 11) is 4.21. The van der Waals surface area contributed by atoms with Crippen LogP contribution in [0.4, 0.5) is 5.69 Å². The molecule has 0 radical (unpaired) electrons. The summed E-state index contributed by atoms with van der Waals surface area (Å²) in [5.41, 5.74) is 2.88. The Bertz CT molecular complexity index is 588. The summed E-state index contributed by atoms with van der Waals surface area (Å²) in [6, 6.07) is 4.40. The summed E-state index contributed by atoms with van der Waals surface area (Å²) < 4.78 is 0.951. The molecule has 0 aliphatic heterocycles. The minimum Gasteiger partial charge on any atom is -0.379 e. The number of likely N-dealkylation sites (N-methyl/N-ethyl adjacent to an activating group) is 1. The van der Waals surface area contributed by atoms with E-state index in [-0.39, 0.29) is 0 Å². The largest absolute Gasteiger partial charge is 0.379 e. The van der Waals surface area contributed by atoms with E-state index in [2.05, 4.69) is 64.1 Å². The van der Waals surface area contributed by atoms with Gasteiger partial charge in [-0.05, 0) is 54.5 Å². The standard InChI is InChI=1S/C16H23BrN4/c1-11(2)7-13(10-21(3)4)20-14-5-6-18-15-8-12(17)9-19-16(14)15/h5-6,8-9,11,13H,7,10H2,1-4H3,(H,18,20). The van der Waals surface area contributed by atoms with Crippen molar-refractivity contribution < 1.29 is 0 Å². The average Bonchev–Trinajstić information content (AvgIpc) is 2.36. The van der Waals surface area contributed by atoms with Crippen LogP contribution in [-0.2, 0) is 0 Å². The summed E-state index contributed by atoms with van der Waals surface area (Å²) >= 11 is 3.44. The van der Waals surface area contributed by atoms with Crippen LogP contribution < -0.4 is 5.32 Å². The SMILES string of the molecule is CC(C)CC(CN(C)C)Nc1ccnc2cc(Br)cnc12. The molecule has 0 aromatic carbocycles. The van der Waals surface area contributed by atoms with Gasteiger partial charge in [-0.15, -0.1) is 0 Å². The third-order valence-electron chi connectivity index (χ3n) is 3.25. The molecule has 1 atom stereocenters. The Morgan fingerprint density at radius 1 is 1.29 bits per heavy atom. The second-order valence-electron chi connectivity index (χ2n) is 6.11. The van der Waals surface area contributed by atoms with Gasteiger partial charge in [-0.25, -0.2) is 0 Å². The number of fused-ring (bicyclic) bond motifs is 1. The first-order chi connectivity index (χ1) is 9.95. The zero-order valence-electron chi connectivity index (χ0n) is 13.1. The number of aromatic nitrogens is 2. The van der Waals surface area contributed by atoms with Crippen LogP contribution >= 0.6 is 15.9 Å². The minimum atomic E-state index is 0.399. The number of nitrogens with zero attached hydrogens (tertiary/aromatic N) is 3. The summed E-state index contributed by atoms with van der Waals surface area (Å²) in [5, 5.41) is 3.64. The van der Waals surface area contributed by atoms with Crippen LogP contribution in [0, 0.1) is 5.92 Å². The molecule has 2 heterocycles. The zero-order chi connectivity index (χ0) is 15.4. The lowest BCUT2D eigenvalue weighted by Crippen LogP contribution is -2.33. The van der Waals surface area contributed by atoms with Crippen molar-refractivity contribution >= 4 is 32.7 Å². The fourth-order valence-electron chi connectivity index (χ4n) is 2.53. The monoisotopic (exact) mass is 350 g/mol. The number of rotatable bonds is 6. The van der Waals surface area contributed by atoms with Crippen molar-refractivity contribution in [2.45, 2.75) is 26.3 Å². The van der Waals surface area contributed by atoms with Gasteiger partial charge < -0.3 is 10.2 Å². The second kappa shape index (κ2) is 7.18. The quantitative estimate of drug-likeness (QED) is 0.860. The maximum atomic E-state index is 4.51. The Labute approximate surface area is 135 Å². The maximum absolute atomic E-state index is 4.51. The number of pyridine rings is 2. The lowest BCUT2D eigenvalue weighted by Gasteiger charge is -2.25. The van der Waals surface area contributed by atoms with Crippen molar-refractivity contribution in [2.24, 2.45) is 5.92 Å². The zero-order valence-corrected chi connectivity index (χ0v) is 14.7. The van der Waals surface area contributed by atoms with Gasteiger partial charge in [0.1, 0.15) is 5.52 Å². The molecule has 4 nitrogen and oxygen atoms in total. The van der Waals surface area contributed by atoms with Gasteiger partial charge in [0.05, 0.1) is 11.2 Å². The van der Waals surface area contributed by atoms with E-state index in [1.165, 1.54) is 0 Å². The van der Waals surface area contributed by atoms with Crippen LogP contribution in [0.25, 0.3) is 11.0 Å². The molecule has 2 aromatic heterocycles. The first-order valence-electron chi connectivity index (χ1n) is 7.27. The van der Waals surface area contributed by atoms with E-state index in [0.29, 0.717) is 12.0 Å². The summed E-state index contributed by atoms with van der Waals surface area (Å²) in [5.74, 6) is 0.651. The highest BCUT2D eigenvalue weighted by Gasteiger charge is 2.14. The lowest BCUT2D eigenvalue weighted by atomic mass is 10.0. The number of hydrogen-bond acceptors (Lipinski definition) is 4. The molecule has 0 spiro atoms. The van der Waals surface area contributed by atoms with Crippen LogP contribution in [0.15, 0.2) is 29.0 Å². The second-order valence-corrected chi connectivity index (χ2v) is 7.03. The highest BCUT2D eigenvalue weighted by Crippen LogP contribution is 2.23. The number of hydrogen-bond donors (Lipinski definition) is 1. The van der Waals surface area contributed by atoms with Crippen molar-refractivity contribution in [3.05, 3.63) is 29.0 Å². The van der Waals surface area contributed by atoms with Crippen LogP contribution in [0.5, 0.6) is 0 Å². The molecule has 0 saturated carbocycles. The van der Waals surface area contributed by atoms with E-state index >= 15 is 0 Å². The van der Waals surface area contributed by atoms with Crippen LogP contribution in [0.2, 0.25) is 0 Å². The molecule has 0 saturated heterocycles. The Morgan fingerprint density at radius 3 is 2.71 bits per heavy atom. The lowest BCUT2D eigenvalue weighted by molar-refractivity contribution is 0.356. The smallest absolute Gasteiger partial charge is 0.112 e. The van der Waals surface area contributed by atoms with Crippen molar-refractivity contribution in [2.75, 3.05) is 26.0 Å². The molecule has 5 heteroatoms. The van der Waals surface area contributed by atoms with Gasteiger partial charge in [0, 0.05) is 29.5 Å². The molecule has 114 valence electrons. The van der Waals surface area contributed by atoms with Gasteiger partial charge in [-0.1, -0.05) is 13.8 Å². The first kappa shape index (κ1) is 16.2. The fraction of sp³-hybridized carbons (Fsp3) is 0.500. The van der Waals surface area contributed by atoms with Crippen LogP contribution in [0.1, 0.15) is 20.3 Å². The van der Waals surface area contributed by atoms with E-state index in [9.17, 15) is 0 Å². The van der Waals surface area contributed by atoms with Crippen molar-refractivity contribution in [1.29, 1.82) is 0 Å². The molecule has 1 unspecified atom stereocenters. The number of anilines is 1. The van der Waals surface area contributed by atoms with Gasteiger partial charge in [0.25, 0.3) is 0 Å². The predicted molar refractivity (Wildman–Crippen MR) is 92.7 cm³/mol. The average molecular weight is 351 g/mol. The molecule has 21 heavy (non-hydrogen) atoms. The Hall–Kier alpha value is -1.20. The minimum absolute atomic E-state index is 0.399. The van der Waals surface area contributed by atoms with Gasteiger partial charge in [0.2, 0.25) is 0 Å². The van der Waals surface area contributed by atoms with E-state index in [1.807, 2.05) is 24.5 Å². The highest BCUT2D eigenvalue weighted by atomic mass is 79.9. The third-order valence-corrected chi connectivity index (χ3v) is 3.68. The first-order valence-corrected chi connectivity index (χ1v) is 8.06. The maximum Gasteiger partial charge on any atom is 0.112 e. The molecule has 0 aliphatic rings. The summed E-state index contributed by atoms with van der Waals surface area (Å²) in [6.45, 7) is 5.51. The van der Waals surface area contributed by atoms with Gasteiger partial charge >= 0.3 is 0 Å². The molecule has 2 rings (SSSR count). The molecule has 0 fully saturated rings. The molecule has 2 aromatic rings. The van der Waals surface area contributed by atoms with Crippen LogP contribution in [0.3, 0.4) is 0 Å². The van der Waals surface area contributed by atoms with E-state index in [0.717, 1.165) is 34.2 Å². The molecule has 0 aliphatic carbocycles. The topological polar surface area (TPSA) is 41.0 Å². The van der Waals surface area contributed by atoms with Gasteiger partial charge in [-0.2, -0.15) is 0 Å². The van der Waals surface area contributed by atoms with Crippen LogP contribution in [-0.4, -0.2) is 41.5 Å². The van der Waals surface area contributed by atoms with Crippen molar-refractivity contribution in [3.8, 4) is 0 Å². The molecule has 1 N–H and O–H groups in total. The van der Waals surface area contributed by atoms with E-state index in [1.54, 1.807) is 0 Å². The normalized spacial score (nSPS) is 13.1. The van der Waals surface area contributed by atoms with Crippen molar-refractivity contribution in [1.82, 2.24) is 14.9 Å². The van der Waals surface area contributed by atoms with Gasteiger partial charge in [-0.3, -0.25) is 9.97 Å². The third kappa shape index (κ3) is 4.64. The highest BCUT2D eigenvalue weighted by molar-refractivity contribution is 9.10. The van der Waals surface area contributed by atoms with E-state index in [4.69, 9.17) is 0 Å². The molecule has 0 amide bonds. The molecular formula is C16H23BrN4. The Morgan fingerprint density at radius 2 is 2.05 bits per heavy atom. The molecule has 0 bridgehead atoms. The number of nitrogens with one attached hydrogen (secondary N) is 1. The Kier molecular flexibility index (Phi) is 5.53. The number of halogens is 1. The summed E-state index contributed by atoms with van der Waals surface area (Å²) in [6.07, 6.45) is 4.78. The van der Waals surface area contributed by atoms with E-state index < -0.39 is 0 Å². The Balaban J connectivity index is 2.27.